The zero-order valence-corrected chi connectivity index (χ0v) is 13.8. The van der Waals surface area contributed by atoms with Gasteiger partial charge < -0.3 is 5.73 Å². The second kappa shape index (κ2) is 5.17. The Bertz CT molecular complexity index is 1370. The Hall–Kier alpha value is -3.66. The third-order valence-corrected chi connectivity index (χ3v) is 4.92. The molecule has 0 aliphatic carbocycles. The van der Waals surface area contributed by atoms with Crippen molar-refractivity contribution in [2.75, 3.05) is 5.73 Å². The number of nitrogens with two attached hydrogens (primary N) is 1. The van der Waals surface area contributed by atoms with Gasteiger partial charge in [-0.2, -0.15) is 0 Å². The second-order valence-electron chi connectivity index (χ2n) is 6.65. The summed E-state index contributed by atoms with van der Waals surface area (Å²) >= 11 is 0. The molecule has 4 nitrogen and oxygen atoms in total. The van der Waals surface area contributed by atoms with Crippen molar-refractivity contribution >= 4 is 54.5 Å². The molecule has 124 valence electrons. The minimum absolute atomic E-state index is 0.110. The third kappa shape index (κ3) is 2.24. The number of hydrogen-bond donors (Lipinski definition) is 1. The molecule has 2 N–H and O–H groups in total. The van der Waals surface area contributed by atoms with Crippen molar-refractivity contribution in [1.82, 2.24) is 0 Å². The fraction of sp³-hybridized carbons (Fsp3) is 0. The number of nitrogens with zero attached hydrogens (tertiary/aromatic N) is 1. The van der Waals surface area contributed by atoms with Crippen molar-refractivity contribution in [2.24, 2.45) is 0 Å². The van der Waals surface area contributed by atoms with Gasteiger partial charge in [0.15, 0.2) is 0 Å². The number of anilines is 1. The van der Waals surface area contributed by atoms with Crippen LogP contribution in [-0.2, 0) is 0 Å². The van der Waals surface area contributed by atoms with Crippen LogP contribution in [0.2, 0.25) is 0 Å². The second-order valence-corrected chi connectivity index (χ2v) is 6.65. The zero-order valence-electron chi connectivity index (χ0n) is 13.8. The van der Waals surface area contributed by atoms with E-state index in [1.165, 1.54) is 0 Å². The molecule has 0 radical (unpaired) electrons. The first kappa shape index (κ1) is 14.7. The molecule has 0 bridgehead atoms. The minimum atomic E-state index is -0.361. The summed E-state index contributed by atoms with van der Waals surface area (Å²) in [5.41, 5.74) is 6.76. The highest BCUT2D eigenvalue weighted by atomic mass is 16.6. The molecule has 5 rings (SSSR count). The van der Waals surface area contributed by atoms with E-state index in [1.54, 1.807) is 18.2 Å². The first-order valence-corrected chi connectivity index (χ1v) is 8.32. The number of nitro groups is 1. The van der Waals surface area contributed by atoms with Crippen LogP contribution in [0.5, 0.6) is 0 Å². The van der Waals surface area contributed by atoms with E-state index >= 15 is 0 Å². The van der Waals surface area contributed by atoms with E-state index in [1.807, 2.05) is 24.3 Å². The standard InChI is InChI=1S/C22H14N2O2/c23-21-3-1-13-5-15-7-16-6-14-2-4-22(24(25)26)12-20(14)10-18(16)8-17(15)9-19(13)11-21/h1-12H,23H2. The summed E-state index contributed by atoms with van der Waals surface area (Å²) in [7, 11) is 0. The summed E-state index contributed by atoms with van der Waals surface area (Å²) in [5.74, 6) is 0. The Morgan fingerprint density at radius 3 is 1.54 bits per heavy atom. The van der Waals surface area contributed by atoms with Crippen molar-refractivity contribution in [3.8, 4) is 0 Å². The molecule has 0 atom stereocenters. The Balaban J connectivity index is 1.82. The number of rotatable bonds is 1. The first-order chi connectivity index (χ1) is 12.6. The fourth-order valence-corrected chi connectivity index (χ4v) is 3.62. The van der Waals surface area contributed by atoms with Crippen LogP contribution in [0, 0.1) is 10.1 Å². The monoisotopic (exact) mass is 338 g/mol. The van der Waals surface area contributed by atoms with Crippen molar-refractivity contribution in [1.29, 1.82) is 0 Å². The van der Waals surface area contributed by atoms with E-state index in [0.717, 1.165) is 48.8 Å². The van der Waals surface area contributed by atoms with Gasteiger partial charge in [-0.1, -0.05) is 6.07 Å². The lowest BCUT2D eigenvalue weighted by Crippen LogP contribution is -1.87. The normalized spacial score (nSPS) is 11.5. The summed E-state index contributed by atoms with van der Waals surface area (Å²) in [5, 5.41) is 19.6. The van der Waals surface area contributed by atoms with Gasteiger partial charge in [-0.25, -0.2) is 0 Å². The maximum atomic E-state index is 11.0. The summed E-state index contributed by atoms with van der Waals surface area (Å²) in [4.78, 5) is 10.7. The van der Waals surface area contributed by atoms with E-state index in [4.69, 9.17) is 5.73 Å². The summed E-state index contributed by atoms with van der Waals surface area (Å²) in [6, 6.07) is 23.6. The van der Waals surface area contributed by atoms with E-state index in [-0.39, 0.29) is 10.6 Å². The molecule has 0 fully saturated rings. The molecule has 0 unspecified atom stereocenters. The summed E-state index contributed by atoms with van der Waals surface area (Å²) in [6.07, 6.45) is 0. The van der Waals surface area contributed by atoms with E-state index < -0.39 is 0 Å². The molecule has 4 heteroatoms. The van der Waals surface area contributed by atoms with Crippen molar-refractivity contribution in [2.45, 2.75) is 0 Å². The molecule has 0 aliphatic rings. The predicted octanol–water partition coefficient (Wildman–Crippen LogP) is 5.79. The lowest BCUT2D eigenvalue weighted by Gasteiger charge is -2.07. The molecular weight excluding hydrogens is 324 g/mol. The SMILES string of the molecule is Nc1ccc2cc3cc4cc5ccc([N+](=O)[O-])cc5cc4cc3cc2c1. The van der Waals surface area contributed by atoms with Crippen LogP contribution in [0.4, 0.5) is 11.4 Å². The van der Waals surface area contributed by atoms with Gasteiger partial charge in [0.25, 0.3) is 5.69 Å². The van der Waals surface area contributed by atoms with Crippen LogP contribution in [0.15, 0.2) is 72.8 Å². The molecule has 0 spiro atoms. The highest BCUT2D eigenvalue weighted by Gasteiger charge is 2.08. The topological polar surface area (TPSA) is 69.2 Å². The fourth-order valence-electron chi connectivity index (χ4n) is 3.62. The Labute approximate surface area is 148 Å². The average Bonchev–Trinajstić information content (AvgIpc) is 2.62. The van der Waals surface area contributed by atoms with Gasteiger partial charge in [0, 0.05) is 17.8 Å². The van der Waals surface area contributed by atoms with Gasteiger partial charge in [0.05, 0.1) is 4.92 Å². The maximum Gasteiger partial charge on any atom is 0.270 e. The van der Waals surface area contributed by atoms with Crippen LogP contribution < -0.4 is 5.73 Å². The van der Waals surface area contributed by atoms with Crippen LogP contribution in [0.25, 0.3) is 43.1 Å². The molecule has 0 saturated heterocycles. The third-order valence-electron chi connectivity index (χ3n) is 4.92. The largest absolute Gasteiger partial charge is 0.399 e. The predicted molar refractivity (Wildman–Crippen MR) is 108 cm³/mol. The number of benzene rings is 5. The molecule has 0 amide bonds. The Morgan fingerprint density at radius 2 is 1.00 bits per heavy atom. The molecule has 26 heavy (non-hydrogen) atoms. The molecule has 0 saturated carbocycles. The van der Waals surface area contributed by atoms with Crippen molar-refractivity contribution < 1.29 is 4.92 Å². The molecular formula is C22H14N2O2. The lowest BCUT2D eigenvalue weighted by atomic mass is 9.97. The highest BCUT2D eigenvalue weighted by Crippen LogP contribution is 2.31. The first-order valence-electron chi connectivity index (χ1n) is 8.32. The number of hydrogen-bond acceptors (Lipinski definition) is 3. The highest BCUT2D eigenvalue weighted by molar-refractivity contribution is 6.08. The van der Waals surface area contributed by atoms with Gasteiger partial charge in [0.2, 0.25) is 0 Å². The van der Waals surface area contributed by atoms with Gasteiger partial charge >= 0.3 is 0 Å². The van der Waals surface area contributed by atoms with Gasteiger partial charge in [0.1, 0.15) is 0 Å². The summed E-state index contributed by atoms with van der Waals surface area (Å²) in [6.45, 7) is 0. The maximum absolute atomic E-state index is 11.0. The number of nitrogen functional groups attached to an aromatic ring is 1. The van der Waals surface area contributed by atoms with Crippen LogP contribution in [0.1, 0.15) is 0 Å². The van der Waals surface area contributed by atoms with Crippen LogP contribution >= 0.6 is 0 Å². The number of non-ortho nitro benzene ring substituents is 1. The number of nitro benzene ring substituents is 1. The van der Waals surface area contributed by atoms with Crippen molar-refractivity contribution in [3.05, 3.63) is 82.9 Å². The number of fused-ring (bicyclic) bond motifs is 4. The van der Waals surface area contributed by atoms with Gasteiger partial charge in [-0.15, -0.1) is 0 Å². The van der Waals surface area contributed by atoms with Gasteiger partial charge in [-0.05, 0) is 97.7 Å². The molecule has 5 aromatic rings. The van der Waals surface area contributed by atoms with Crippen molar-refractivity contribution in [3.63, 3.8) is 0 Å². The molecule has 0 aliphatic heterocycles. The Kier molecular flexibility index (Phi) is 2.91. The molecule has 5 aromatic carbocycles. The smallest absolute Gasteiger partial charge is 0.270 e. The molecule has 0 aromatic heterocycles. The average molecular weight is 338 g/mol. The summed E-state index contributed by atoms with van der Waals surface area (Å²) < 4.78 is 0. The Morgan fingerprint density at radius 1 is 0.577 bits per heavy atom. The van der Waals surface area contributed by atoms with E-state index in [0.29, 0.717) is 0 Å². The minimum Gasteiger partial charge on any atom is -0.399 e. The zero-order chi connectivity index (χ0) is 17.8. The lowest BCUT2D eigenvalue weighted by molar-refractivity contribution is -0.384. The quantitative estimate of drug-likeness (QED) is 0.182. The van der Waals surface area contributed by atoms with Crippen LogP contribution in [0.3, 0.4) is 0 Å². The van der Waals surface area contributed by atoms with Crippen LogP contribution in [-0.4, -0.2) is 4.92 Å². The van der Waals surface area contributed by atoms with E-state index in [9.17, 15) is 10.1 Å². The van der Waals surface area contributed by atoms with E-state index in [2.05, 4.69) is 30.3 Å². The molecule has 0 heterocycles. The van der Waals surface area contributed by atoms with Gasteiger partial charge in [-0.3, -0.25) is 10.1 Å².